The van der Waals surface area contributed by atoms with Crippen LogP contribution < -0.4 is 15.4 Å². The molecule has 0 bridgehead atoms. The van der Waals surface area contributed by atoms with Gasteiger partial charge in [-0.2, -0.15) is 0 Å². The van der Waals surface area contributed by atoms with Crippen LogP contribution in [0.4, 0.5) is 5.69 Å². The van der Waals surface area contributed by atoms with Crippen LogP contribution in [0.15, 0.2) is 18.2 Å². The van der Waals surface area contributed by atoms with Gasteiger partial charge in [-0.25, -0.2) is 0 Å². The summed E-state index contributed by atoms with van der Waals surface area (Å²) >= 11 is 0. The number of anilines is 1. The van der Waals surface area contributed by atoms with Crippen LogP contribution in [-0.4, -0.2) is 30.1 Å². The van der Waals surface area contributed by atoms with Gasteiger partial charge in [0.25, 0.3) is 0 Å². The molecule has 1 rings (SSSR count). The van der Waals surface area contributed by atoms with Crippen LogP contribution in [0.2, 0.25) is 0 Å². The van der Waals surface area contributed by atoms with Crippen molar-refractivity contribution in [3.8, 4) is 11.5 Å². The van der Waals surface area contributed by atoms with E-state index in [0.717, 1.165) is 4.90 Å². The Labute approximate surface area is 105 Å². The lowest BCUT2D eigenvalue weighted by atomic mass is 10.2. The number of hydrogen-bond acceptors (Lipinski definition) is 4. The van der Waals surface area contributed by atoms with E-state index in [2.05, 4.69) is 0 Å². The first-order valence-electron chi connectivity index (χ1n) is 5.34. The number of phenolic OH excluding ortho intramolecular Hbond substituents is 1. The van der Waals surface area contributed by atoms with Crippen LogP contribution in [0.5, 0.6) is 11.5 Å². The first kappa shape index (κ1) is 13.8. The third-order valence-corrected chi connectivity index (χ3v) is 2.58. The zero-order valence-corrected chi connectivity index (χ0v) is 10.5. The number of rotatable bonds is 4. The van der Waals surface area contributed by atoms with Crippen molar-refractivity contribution in [3.63, 3.8) is 0 Å². The molecule has 0 fully saturated rings. The average Bonchev–Trinajstić information content (AvgIpc) is 2.30. The maximum absolute atomic E-state index is 11.6. The topological polar surface area (TPSA) is 92.9 Å². The van der Waals surface area contributed by atoms with E-state index in [-0.39, 0.29) is 17.3 Å². The number of amides is 2. The number of hydrogen-bond donors (Lipinski definition) is 2. The van der Waals surface area contributed by atoms with E-state index in [1.807, 2.05) is 0 Å². The molecule has 1 atom stereocenters. The summed E-state index contributed by atoms with van der Waals surface area (Å²) in [6.07, 6.45) is 0. The molecule has 6 heteroatoms. The van der Waals surface area contributed by atoms with E-state index < -0.39 is 11.9 Å². The van der Waals surface area contributed by atoms with E-state index in [1.54, 1.807) is 6.07 Å². The summed E-state index contributed by atoms with van der Waals surface area (Å²) in [6, 6.07) is 3.59. The van der Waals surface area contributed by atoms with Gasteiger partial charge in [-0.1, -0.05) is 0 Å². The smallest absolute Gasteiger partial charge is 0.240 e. The molecule has 0 aliphatic rings. The molecule has 0 radical (unpaired) electrons. The Bertz CT molecular complexity index is 473. The molecule has 98 valence electrons. The summed E-state index contributed by atoms with van der Waals surface area (Å²) in [5.41, 5.74) is 5.40. The van der Waals surface area contributed by atoms with Gasteiger partial charge in [-0.05, 0) is 19.1 Å². The van der Waals surface area contributed by atoms with E-state index in [1.165, 1.54) is 33.1 Å². The number of ether oxygens (including phenoxy) is 1. The Hall–Kier alpha value is -2.24. The molecular weight excluding hydrogens is 236 g/mol. The largest absolute Gasteiger partial charge is 0.506 e. The van der Waals surface area contributed by atoms with Crippen LogP contribution in [-0.2, 0) is 9.59 Å². The maximum Gasteiger partial charge on any atom is 0.240 e. The van der Waals surface area contributed by atoms with Gasteiger partial charge in [0.1, 0.15) is 17.5 Å². The predicted molar refractivity (Wildman–Crippen MR) is 66.5 cm³/mol. The quantitative estimate of drug-likeness (QED) is 0.821. The molecular formula is C12H16N2O4. The Kier molecular flexibility index (Phi) is 4.14. The van der Waals surface area contributed by atoms with Crippen molar-refractivity contribution in [2.24, 2.45) is 5.73 Å². The third kappa shape index (κ3) is 2.71. The standard InChI is InChI=1S/C12H16N2O4/c1-7(12(13)17)14(8(2)15)10-5-4-9(18-3)6-11(10)16/h4-7,16H,1-3H3,(H2,13,17)/t7-/m0/s1. The van der Waals surface area contributed by atoms with Crippen molar-refractivity contribution in [1.29, 1.82) is 0 Å². The minimum Gasteiger partial charge on any atom is -0.506 e. The van der Waals surface area contributed by atoms with E-state index >= 15 is 0 Å². The average molecular weight is 252 g/mol. The van der Waals surface area contributed by atoms with Crippen molar-refractivity contribution in [2.45, 2.75) is 19.9 Å². The molecule has 1 aromatic carbocycles. The number of nitrogens with two attached hydrogens (primary N) is 1. The summed E-state index contributed by atoms with van der Waals surface area (Å²) in [4.78, 5) is 23.9. The van der Waals surface area contributed by atoms with Crippen molar-refractivity contribution in [2.75, 3.05) is 12.0 Å². The summed E-state index contributed by atoms with van der Waals surface area (Å²) in [5, 5.41) is 9.85. The third-order valence-electron chi connectivity index (χ3n) is 2.58. The van der Waals surface area contributed by atoms with Crippen molar-refractivity contribution in [3.05, 3.63) is 18.2 Å². The molecule has 0 saturated carbocycles. The summed E-state index contributed by atoms with van der Waals surface area (Å²) < 4.78 is 4.94. The molecule has 18 heavy (non-hydrogen) atoms. The Morgan fingerprint density at radius 1 is 1.44 bits per heavy atom. The first-order valence-corrected chi connectivity index (χ1v) is 5.34. The lowest BCUT2D eigenvalue weighted by Gasteiger charge is -2.26. The zero-order valence-electron chi connectivity index (χ0n) is 10.5. The number of phenols is 1. The van der Waals surface area contributed by atoms with Gasteiger partial charge in [-0.15, -0.1) is 0 Å². The number of nitrogens with zero attached hydrogens (tertiary/aromatic N) is 1. The van der Waals surface area contributed by atoms with Crippen LogP contribution in [0.25, 0.3) is 0 Å². The number of primary amides is 1. The number of benzene rings is 1. The molecule has 2 amide bonds. The van der Waals surface area contributed by atoms with E-state index in [4.69, 9.17) is 10.5 Å². The molecule has 0 aromatic heterocycles. The fraction of sp³-hybridized carbons (Fsp3) is 0.333. The fourth-order valence-electron chi connectivity index (χ4n) is 1.61. The minimum absolute atomic E-state index is 0.155. The van der Waals surface area contributed by atoms with E-state index in [0.29, 0.717) is 5.75 Å². The van der Waals surface area contributed by atoms with Crippen molar-refractivity contribution < 1.29 is 19.4 Å². The van der Waals surface area contributed by atoms with Crippen LogP contribution in [0.3, 0.4) is 0 Å². The normalized spacial score (nSPS) is 11.7. The minimum atomic E-state index is -0.846. The highest BCUT2D eigenvalue weighted by molar-refractivity contribution is 6.00. The fourth-order valence-corrected chi connectivity index (χ4v) is 1.61. The molecule has 6 nitrogen and oxygen atoms in total. The van der Waals surface area contributed by atoms with Gasteiger partial charge in [0.2, 0.25) is 11.8 Å². The molecule has 1 aromatic rings. The number of aromatic hydroxyl groups is 1. The van der Waals surface area contributed by atoms with Gasteiger partial charge in [0, 0.05) is 13.0 Å². The van der Waals surface area contributed by atoms with Crippen molar-refractivity contribution in [1.82, 2.24) is 0 Å². The summed E-state index contributed by atoms with van der Waals surface area (Å²) in [6.45, 7) is 2.79. The molecule has 3 N–H and O–H groups in total. The highest BCUT2D eigenvalue weighted by Crippen LogP contribution is 2.32. The van der Waals surface area contributed by atoms with Gasteiger partial charge in [0.15, 0.2) is 0 Å². The predicted octanol–water partition coefficient (Wildman–Crippen LogP) is 0.627. The van der Waals surface area contributed by atoms with Crippen molar-refractivity contribution >= 4 is 17.5 Å². The molecule has 0 aliphatic heterocycles. The van der Waals surface area contributed by atoms with Gasteiger partial charge in [0.05, 0.1) is 12.8 Å². The second-order valence-electron chi connectivity index (χ2n) is 3.82. The van der Waals surface area contributed by atoms with Crippen LogP contribution >= 0.6 is 0 Å². The molecule has 0 heterocycles. The first-order chi connectivity index (χ1) is 8.38. The number of carbonyl (C=O) groups is 2. The molecule has 0 unspecified atom stereocenters. The summed E-state index contributed by atoms with van der Waals surface area (Å²) in [5.74, 6) is -0.744. The second-order valence-corrected chi connectivity index (χ2v) is 3.82. The van der Waals surface area contributed by atoms with Crippen LogP contribution in [0, 0.1) is 0 Å². The lowest BCUT2D eigenvalue weighted by Crippen LogP contribution is -2.45. The van der Waals surface area contributed by atoms with Gasteiger partial charge < -0.3 is 15.6 Å². The van der Waals surface area contributed by atoms with Crippen LogP contribution in [0.1, 0.15) is 13.8 Å². The second kappa shape index (κ2) is 5.39. The Morgan fingerprint density at radius 3 is 2.44 bits per heavy atom. The van der Waals surface area contributed by atoms with Gasteiger partial charge >= 0.3 is 0 Å². The van der Waals surface area contributed by atoms with E-state index in [9.17, 15) is 14.7 Å². The number of carbonyl (C=O) groups excluding carboxylic acids is 2. The Balaban J connectivity index is 3.22. The highest BCUT2D eigenvalue weighted by Gasteiger charge is 2.25. The van der Waals surface area contributed by atoms with Gasteiger partial charge in [-0.3, -0.25) is 14.5 Å². The maximum atomic E-state index is 11.6. The monoisotopic (exact) mass is 252 g/mol. The molecule has 0 saturated heterocycles. The number of methoxy groups -OCH3 is 1. The summed E-state index contributed by atoms with van der Waals surface area (Å²) in [7, 11) is 1.46. The molecule has 0 aliphatic carbocycles. The molecule has 0 spiro atoms. The SMILES string of the molecule is COc1ccc(N(C(C)=O)[C@@H](C)C(N)=O)c(O)c1. The highest BCUT2D eigenvalue weighted by atomic mass is 16.5. The zero-order chi connectivity index (χ0) is 13.9. The lowest BCUT2D eigenvalue weighted by molar-refractivity contribution is -0.123. The Morgan fingerprint density at radius 2 is 2.06 bits per heavy atom.